The highest BCUT2D eigenvalue weighted by atomic mass is 16.5. The van der Waals surface area contributed by atoms with Crippen molar-refractivity contribution < 1.29 is 4.74 Å². The average Bonchev–Trinajstić information content (AvgIpc) is 2.97. The predicted octanol–water partition coefficient (Wildman–Crippen LogP) is 3.00. The van der Waals surface area contributed by atoms with Crippen molar-refractivity contribution >= 4 is 0 Å². The van der Waals surface area contributed by atoms with Crippen LogP contribution in [0.5, 0.6) is 5.75 Å². The van der Waals surface area contributed by atoms with E-state index in [1.807, 2.05) is 65.5 Å². The molecule has 2 aromatic carbocycles. The van der Waals surface area contributed by atoms with Crippen molar-refractivity contribution in [3.05, 3.63) is 66.4 Å². The number of nitrogens with zero attached hydrogens (tertiary/aromatic N) is 3. The second kappa shape index (κ2) is 5.57. The van der Waals surface area contributed by atoms with Gasteiger partial charge in [-0.25, -0.2) is 4.68 Å². The third-order valence-corrected chi connectivity index (χ3v) is 3.11. The number of benzene rings is 2. The summed E-state index contributed by atoms with van der Waals surface area (Å²) in [5, 5.41) is 8.37. The summed E-state index contributed by atoms with van der Waals surface area (Å²) in [5.41, 5.74) is 3.13. The molecule has 3 rings (SSSR count). The van der Waals surface area contributed by atoms with Crippen LogP contribution < -0.4 is 4.74 Å². The van der Waals surface area contributed by atoms with E-state index in [0.29, 0.717) is 6.54 Å². The van der Waals surface area contributed by atoms with Crippen molar-refractivity contribution in [2.45, 2.75) is 6.54 Å². The van der Waals surface area contributed by atoms with Gasteiger partial charge in [0.25, 0.3) is 0 Å². The molecule has 0 N–H and O–H groups in total. The number of ether oxygens (including phenoxy) is 1. The van der Waals surface area contributed by atoms with Gasteiger partial charge in [0.2, 0.25) is 0 Å². The molecule has 20 heavy (non-hydrogen) atoms. The minimum Gasteiger partial charge on any atom is -0.497 e. The van der Waals surface area contributed by atoms with E-state index in [4.69, 9.17) is 4.74 Å². The van der Waals surface area contributed by atoms with Gasteiger partial charge in [-0.05, 0) is 17.7 Å². The van der Waals surface area contributed by atoms with Crippen LogP contribution in [0.2, 0.25) is 0 Å². The zero-order valence-corrected chi connectivity index (χ0v) is 11.2. The van der Waals surface area contributed by atoms with Gasteiger partial charge in [-0.3, -0.25) is 0 Å². The average molecular weight is 265 g/mol. The van der Waals surface area contributed by atoms with Crippen LogP contribution >= 0.6 is 0 Å². The third kappa shape index (κ3) is 2.69. The molecule has 100 valence electrons. The summed E-state index contributed by atoms with van der Waals surface area (Å²) >= 11 is 0. The molecule has 0 aliphatic carbocycles. The fourth-order valence-corrected chi connectivity index (χ4v) is 2.03. The van der Waals surface area contributed by atoms with Crippen LogP contribution in [0.4, 0.5) is 0 Å². The second-order valence-corrected chi connectivity index (χ2v) is 4.52. The van der Waals surface area contributed by atoms with Crippen LogP contribution in [0.1, 0.15) is 5.56 Å². The highest BCUT2D eigenvalue weighted by Crippen LogP contribution is 2.16. The van der Waals surface area contributed by atoms with E-state index in [2.05, 4.69) is 10.3 Å². The van der Waals surface area contributed by atoms with Crippen LogP contribution in [0.15, 0.2) is 60.8 Å². The van der Waals surface area contributed by atoms with Gasteiger partial charge in [0.05, 0.1) is 19.9 Å². The zero-order chi connectivity index (χ0) is 13.8. The molecular formula is C16H15N3O. The van der Waals surface area contributed by atoms with E-state index >= 15 is 0 Å². The highest BCUT2D eigenvalue weighted by molar-refractivity contribution is 5.57. The Balaban J connectivity index is 1.77. The third-order valence-electron chi connectivity index (χ3n) is 3.11. The summed E-state index contributed by atoms with van der Waals surface area (Å²) in [7, 11) is 1.67. The van der Waals surface area contributed by atoms with E-state index in [1.54, 1.807) is 7.11 Å². The van der Waals surface area contributed by atoms with Crippen LogP contribution in [0.3, 0.4) is 0 Å². The van der Waals surface area contributed by atoms with Gasteiger partial charge in [-0.2, -0.15) is 0 Å². The van der Waals surface area contributed by atoms with Gasteiger partial charge in [0.1, 0.15) is 11.4 Å². The number of rotatable bonds is 4. The predicted molar refractivity (Wildman–Crippen MR) is 77.6 cm³/mol. The topological polar surface area (TPSA) is 39.9 Å². The van der Waals surface area contributed by atoms with Crippen molar-refractivity contribution in [3.63, 3.8) is 0 Å². The van der Waals surface area contributed by atoms with Crippen molar-refractivity contribution in [2.75, 3.05) is 7.11 Å². The maximum absolute atomic E-state index is 5.15. The summed E-state index contributed by atoms with van der Waals surface area (Å²) in [4.78, 5) is 0. The van der Waals surface area contributed by atoms with Gasteiger partial charge in [0.15, 0.2) is 0 Å². The minimum absolute atomic E-state index is 0.698. The Morgan fingerprint density at radius 2 is 1.75 bits per heavy atom. The molecule has 1 aromatic heterocycles. The van der Waals surface area contributed by atoms with Crippen LogP contribution in [0, 0.1) is 0 Å². The molecule has 0 radical (unpaired) electrons. The Labute approximate surface area is 117 Å². The summed E-state index contributed by atoms with van der Waals surface area (Å²) in [6, 6.07) is 18.0. The first-order valence-electron chi connectivity index (χ1n) is 6.43. The first-order valence-corrected chi connectivity index (χ1v) is 6.43. The Bertz CT molecular complexity index is 674. The Morgan fingerprint density at radius 3 is 2.45 bits per heavy atom. The molecule has 0 amide bonds. The summed E-state index contributed by atoms with van der Waals surface area (Å²) in [6.07, 6.45) is 1.96. The molecule has 3 aromatic rings. The van der Waals surface area contributed by atoms with Crippen LogP contribution in [0.25, 0.3) is 11.3 Å². The van der Waals surface area contributed by atoms with E-state index in [9.17, 15) is 0 Å². The highest BCUT2D eigenvalue weighted by Gasteiger charge is 2.03. The molecule has 0 fully saturated rings. The number of hydrogen-bond acceptors (Lipinski definition) is 3. The van der Waals surface area contributed by atoms with Crippen molar-refractivity contribution in [3.8, 4) is 17.0 Å². The van der Waals surface area contributed by atoms with Gasteiger partial charge in [0, 0.05) is 5.56 Å². The van der Waals surface area contributed by atoms with Crippen molar-refractivity contribution in [1.29, 1.82) is 0 Å². The standard InChI is InChI=1S/C16H15N3O/c1-20-15-9-7-13(8-10-15)11-19-12-16(17-18-19)14-5-3-2-4-6-14/h2-10,12H,11H2,1H3. The van der Waals surface area contributed by atoms with Crippen molar-refractivity contribution in [2.24, 2.45) is 0 Å². The molecule has 0 bridgehead atoms. The molecule has 4 nitrogen and oxygen atoms in total. The summed E-state index contributed by atoms with van der Waals surface area (Å²) < 4.78 is 6.98. The monoisotopic (exact) mass is 265 g/mol. The smallest absolute Gasteiger partial charge is 0.118 e. The molecule has 0 spiro atoms. The molecule has 4 heteroatoms. The summed E-state index contributed by atoms with van der Waals surface area (Å²) in [5.74, 6) is 0.859. The Hall–Kier alpha value is -2.62. The molecule has 0 aliphatic heterocycles. The Kier molecular flexibility index (Phi) is 3.46. The molecule has 0 unspecified atom stereocenters. The molecule has 0 atom stereocenters. The van der Waals surface area contributed by atoms with Gasteiger partial charge < -0.3 is 4.74 Å². The SMILES string of the molecule is COc1ccc(Cn2cc(-c3ccccc3)nn2)cc1. The lowest BCUT2D eigenvalue weighted by Gasteiger charge is -2.03. The number of hydrogen-bond donors (Lipinski definition) is 0. The quantitative estimate of drug-likeness (QED) is 0.728. The Morgan fingerprint density at radius 1 is 1.00 bits per heavy atom. The van der Waals surface area contributed by atoms with Crippen LogP contribution in [-0.4, -0.2) is 22.1 Å². The van der Waals surface area contributed by atoms with E-state index in [-0.39, 0.29) is 0 Å². The molecular weight excluding hydrogens is 250 g/mol. The fourth-order valence-electron chi connectivity index (χ4n) is 2.03. The lowest BCUT2D eigenvalue weighted by molar-refractivity contribution is 0.414. The normalized spacial score (nSPS) is 10.4. The first-order chi connectivity index (χ1) is 9.85. The number of aromatic nitrogens is 3. The largest absolute Gasteiger partial charge is 0.497 e. The van der Waals surface area contributed by atoms with E-state index in [1.165, 1.54) is 0 Å². The minimum atomic E-state index is 0.698. The zero-order valence-electron chi connectivity index (χ0n) is 11.2. The van der Waals surface area contributed by atoms with E-state index < -0.39 is 0 Å². The van der Waals surface area contributed by atoms with Crippen molar-refractivity contribution in [1.82, 2.24) is 15.0 Å². The van der Waals surface area contributed by atoms with Gasteiger partial charge in [-0.15, -0.1) is 5.10 Å². The lowest BCUT2D eigenvalue weighted by Crippen LogP contribution is -2.00. The van der Waals surface area contributed by atoms with Gasteiger partial charge >= 0.3 is 0 Å². The fraction of sp³-hybridized carbons (Fsp3) is 0.125. The molecule has 0 saturated heterocycles. The maximum Gasteiger partial charge on any atom is 0.118 e. The second-order valence-electron chi connectivity index (χ2n) is 4.52. The van der Waals surface area contributed by atoms with E-state index in [0.717, 1.165) is 22.6 Å². The lowest BCUT2D eigenvalue weighted by atomic mass is 10.2. The molecule has 0 aliphatic rings. The maximum atomic E-state index is 5.15. The molecule has 1 heterocycles. The van der Waals surface area contributed by atoms with Gasteiger partial charge in [-0.1, -0.05) is 47.7 Å². The number of methoxy groups -OCH3 is 1. The van der Waals surface area contributed by atoms with Crippen LogP contribution in [-0.2, 0) is 6.54 Å². The summed E-state index contributed by atoms with van der Waals surface area (Å²) in [6.45, 7) is 0.698. The molecule has 0 saturated carbocycles. The first kappa shape index (κ1) is 12.4.